The molecule has 1 fully saturated rings. The topological polar surface area (TPSA) is 104 Å². The van der Waals surface area contributed by atoms with Crippen molar-refractivity contribution in [2.75, 3.05) is 26.4 Å². The van der Waals surface area contributed by atoms with Crippen molar-refractivity contribution in [2.45, 2.75) is 50.9 Å². The number of aliphatic carboxylic acids is 1. The second kappa shape index (κ2) is 12.0. The fraction of sp³-hybridized carbons (Fsp3) is 0.591. The van der Waals surface area contributed by atoms with E-state index < -0.39 is 12.0 Å². The van der Waals surface area contributed by atoms with E-state index in [1.54, 1.807) is 16.7 Å². The van der Waals surface area contributed by atoms with Crippen LogP contribution in [0, 0.1) is 5.92 Å². The maximum Gasteiger partial charge on any atom is 0.300 e. The van der Waals surface area contributed by atoms with Crippen LogP contribution in [0.3, 0.4) is 0 Å². The Morgan fingerprint density at radius 1 is 1.23 bits per heavy atom. The third-order valence-electron chi connectivity index (χ3n) is 5.34. The first-order valence-corrected chi connectivity index (χ1v) is 11.3. The zero-order valence-electron chi connectivity index (χ0n) is 18.6. The van der Waals surface area contributed by atoms with Gasteiger partial charge in [-0.15, -0.1) is 0 Å². The van der Waals surface area contributed by atoms with Crippen molar-refractivity contribution < 1.29 is 19.5 Å². The first kappa shape index (κ1) is 26.0. The van der Waals surface area contributed by atoms with Crippen molar-refractivity contribution in [3.8, 4) is 0 Å². The third-order valence-corrected chi connectivity index (χ3v) is 6.64. The van der Waals surface area contributed by atoms with Crippen LogP contribution in [0.25, 0.3) is 0 Å². The van der Waals surface area contributed by atoms with Crippen LogP contribution in [0.1, 0.15) is 39.2 Å². The van der Waals surface area contributed by atoms with Crippen molar-refractivity contribution in [3.63, 3.8) is 0 Å². The fourth-order valence-corrected chi connectivity index (χ4v) is 3.57. The van der Waals surface area contributed by atoms with Crippen molar-refractivity contribution in [1.29, 1.82) is 0 Å². The molecule has 1 heterocycles. The van der Waals surface area contributed by atoms with Gasteiger partial charge in [0, 0.05) is 44.3 Å². The summed E-state index contributed by atoms with van der Waals surface area (Å²) in [6.45, 7) is 6.90. The Morgan fingerprint density at radius 2 is 1.73 bits per heavy atom. The van der Waals surface area contributed by atoms with Crippen LogP contribution in [-0.2, 0) is 20.9 Å². The Morgan fingerprint density at radius 3 is 2.20 bits per heavy atom. The van der Waals surface area contributed by atoms with Gasteiger partial charge in [0.2, 0.25) is 11.8 Å². The van der Waals surface area contributed by atoms with Crippen molar-refractivity contribution in [1.82, 2.24) is 9.80 Å². The number of rotatable bonds is 6. The zero-order chi connectivity index (χ0) is 22.9. The normalized spacial score (nSPS) is 15.6. The predicted molar refractivity (Wildman–Crippen MR) is 121 cm³/mol. The lowest BCUT2D eigenvalue weighted by Crippen LogP contribution is -2.55. The quantitative estimate of drug-likeness (QED) is 0.708. The molecule has 1 aromatic rings. The highest BCUT2D eigenvalue weighted by molar-refractivity contribution is 8.00. The van der Waals surface area contributed by atoms with Crippen LogP contribution in [0.5, 0.6) is 0 Å². The van der Waals surface area contributed by atoms with E-state index in [-0.39, 0.29) is 22.5 Å². The van der Waals surface area contributed by atoms with Crippen LogP contribution < -0.4 is 5.73 Å². The molecular weight excluding hydrogens is 402 g/mol. The van der Waals surface area contributed by atoms with E-state index in [0.29, 0.717) is 32.5 Å². The number of nitrogens with zero attached hydrogens (tertiary/aromatic N) is 2. The minimum Gasteiger partial charge on any atom is -0.481 e. The number of carbonyl (C=O) groups excluding carboxylic acids is 2. The van der Waals surface area contributed by atoms with Gasteiger partial charge in [-0.05, 0) is 38.5 Å². The van der Waals surface area contributed by atoms with Crippen LogP contribution in [0.15, 0.2) is 30.3 Å². The van der Waals surface area contributed by atoms with Crippen LogP contribution in [0.4, 0.5) is 0 Å². The number of thioether (sulfide) groups is 1. The van der Waals surface area contributed by atoms with Crippen LogP contribution in [0.2, 0.25) is 0 Å². The molecular formula is C22H35N3O4S. The molecule has 0 saturated carbocycles. The summed E-state index contributed by atoms with van der Waals surface area (Å²) >= 11 is 1.60. The molecule has 1 aliphatic rings. The second-order valence-electron chi connectivity index (χ2n) is 8.08. The molecule has 8 heteroatoms. The fourth-order valence-electron chi connectivity index (χ4n) is 3.21. The van der Waals surface area contributed by atoms with Crippen molar-refractivity contribution in [2.24, 2.45) is 11.7 Å². The Hall–Kier alpha value is -2.06. The second-order valence-corrected chi connectivity index (χ2v) is 9.54. The van der Waals surface area contributed by atoms with Gasteiger partial charge in [0.05, 0.1) is 6.04 Å². The van der Waals surface area contributed by atoms with E-state index >= 15 is 0 Å². The SMILES string of the molecule is CC(=O)O.CSC(C)(C)[C@H](N)C(=O)N1CCC(C(=O)N(C)Cc2ccccc2)CC1. The molecule has 168 valence electrons. The number of amides is 2. The zero-order valence-corrected chi connectivity index (χ0v) is 19.4. The molecule has 1 aromatic carbocycles. The molecule has 1 atom stereocenters. The van der Waals surface area contributed by atoms with Gasteiger partial charge >= 0.3 is 0 Å². The number of hydrogen-bond donors (Lipinski definition) is 2. The molecule has 2 amide bonds. The Kier molecular flexibility index (Phi) is 10.4. The van der Waals surface area contributed by atoms with E-state index in [1.807, 2.05) is 62.4 Å². The van der Waals surface area contributed by atoms with E-state index in [9.17, 15) is 9.59 Å². The number of nitrogens with two attached hydrogens (primary N) is 1. The Bertz CT molecular complexity index is 700. The maximum atomic E-state index is 12.7. The van der Waals surface area contributed by atoms with Crippen LogP contribution >= 0.6 is 11.8 Å². The summed E-state index contributed by atoms with van der Waals surface area (Å²) in [5, 5.41) is 7.42. The monoisotopic (exact) mass is 437 g/mol. The molecule has 3 N–H and O–H groups in total. The number of likely N-dealkylation sites (tertiary alicyclic amines) is 1. The molecule has 0 aromatic heterocycles. The summed E-state index contributed by atoms with van der Waals surface area (Å²) in [5.41, 5.74) is 7.30. The van der Waals surface area contributed by atoms with Gasteiger partial charge in [-0.3, -0.25) is 14.4 Å². The van der Waals surface area contributed by atoms with E-state index in [2.05, 4.69) is 0 Å². The lowest BCUT2D eigenvalue weighted by molar-refractivity contribution is -0.141. The van der Waals surface area contributed by atoms with Gasteiger partial charge in [-0.25, -0.2) is 0 Å². The molecule has 0 spiro atoms. The molecule has 1 saturated heterocycles. The molecule has 0 bridgehead atoms. The molecule has 30 heavy (non-hydrogen) atoms. The summed E-state index contributed by atoms with van der Waals surface area (Å²) in [5.74, 6) is -0.694. The van der Waals surface area contributed by atoms with Gasteiger partial charge < -0.3 is 20.6 Å². The first-order chi connectivity index (χ1) is 14.0. The smallest absolute Gasteiger partial charge is 0.300 e. The molecule has 1 aliphatic heterocycles. The lowest BCUT2D eigenvalue weighted by Gasteiger charge is -2.37. The number of benzene rings is 1. The van der Waals surface area contributed by atoms with Crippen molar-refractivity contribution in [3.05, 3.63) is 35.9 Å². The lowest BCUT2D eigenvalue weighted by atomic mass is 9.93. The highest BCUT2D eigenvalue weighted by Crippen LogP contribution is 2.27. The minimum absolute atomic E-state index is 0.00658. The van der Waals surface area contributed by atoms with E-state index in [0.717, 1.165) is 12.5 Å². The average molecular weight is 438 g/mol. The van der Waals surface area contributed by atoms with Crippen molar-refractivity contribution >= 4 is 29.5 Å². The average Bonchev–Trinajstić information content (AvgIpc) is 2.72. The summed E-state index contributed by atoms with van der Waals surface area (Å²) in [7, 11) is 1.85. The summed E-state index contributed by atoms with van der Waals surface area (Å²) in [4.78, 5) is 38.0. The van der Waals surface area contributed by atoms with Crippen LogP contribution in [-0.4, -0.2) is 69.9 Å². The van der Waals surface area contributed by atoms with E-state index in [4.69, 9.17) is 15.6 Å². The standard InChI is InChI=1S/C20H31N3O2S.C2H4O2/c1-20(2,26-4)17(21)19(25)23-12-10-16(11-13-23)18(24)22(3)14-15-8-6-5-7-9-15;1-2(3)4/h5-9,16-17H,10-14,21H2,1-4H3;1H3,(H,3,4)/t17-;/m1./s1. The number of carboxylic acid groups (broad SMARTS) is 1. The van der Waals surface area contributed by atoms with Gasteiger partial charge in [0.25, 0.3) is 5.97 Å². The highest BCUT2D eigenvalue weighted by atomic mass is 32.2. The first-order valence-electron chi connectivity index (χ1n) is 10.1. The Labute approximate surface area is 184 Å². The van der Waals surface area contributed by atoms with Gasteiger partial charge in [-0.2, -0.15) is 11.8 Å². The number of carbonyl (C=O) groups is 3. The molecule has 2 rings (SSSR count). The number of hydrogen-bond acceptors (Lipinski definition) is 5. The van der Waals surface area contributed by atoms with E-state index in [1.165, 1.54) is 0 Å². The molecule has 0 radical (unpaired) electrons. The third kappa shape index (κ3) is 7.99. The minimum atomic E-state index is -0.833. The maximum absolute atomic E-state index is 12.7. The van der Waals surface area contributed by atoms with Gasteiger partial charge in [0.1, 0.15) is 0 Å². The van der Waals surface area contributed by atoms with Gasteiger partial charge in [-0.1, -0.05) is 30.3 Å². The molecule has 7 nitrogen and oxygen atoms in total. The predicted octanol–water partition coefficient (Wildman–Crippen LogP) is 2.44. The summed E-state index contributed by atoms with van der Waals surface area (Å²) in [6, 6.07) is 9.47. The largest absolute Gasteiger partial charge is 0.481 e. The summed E-state index contributed by atoms with van der Waals surface area (Å²) in [6.07, 6.45) is 3.38. The molecule has 0 unspecified atom stereocenters. The number of carboxylic acids is 1. The number of piperidine rings is 1. The highest BCUT2D eigenvalue weighted by Gasteiger charge is 2.36. The molecule has 0 aliphatic carbocycles. The summed E-state index contributed by atoms with van der Waals surface area (Å²) < 4.78 is -0.292. The van der Waals surface area contributed by atoms with Gasteiger partial charge in [0.15, 0.2) is 0 Å². The Balaban J connectivity index is 0.00000103.